The maximum atomic E-state index is 13.1. The summed E-state index contributed by atoms with van der Waals surface area (Å²) in [6.07, 6.45) is 0.665. The topological polar surface area (TPSA) is 70.6 Å². The van der Waals surface area contributed by atoms with E-state index in [1.807, 2.05) is 22.6 Å². The third-order valence-corrected chi connectivity index (χ3v) is 5.83. The van der Waals surface area contributed by atoms with Crippen molar-refractivity contribution in [3.63, 3.8) is 0 Å². The van der Waals surface area contributed by atoms with Crippen LogP contribution in [0, 0.1) is 17.2 Å². The van der Waals surface area contributed by atoms with Crippen molar-refractivity contribution >= 4 is 17.3 Å². The predicted molar refractivity (Wildman–Crippen MR) is 95.8 cm³/mol. The van der Waals surface area contributed by atoms with Crippen molar-refractivity contribution < 1.29 is 13.2 Å². The number of hydrogen-bond donors (Lipinski definition) is 0. The van der Waals surface area contributed by atoms with Gasteiger partial charge in [0.1, 0.15) is 23.9 Å². The molecule has 1 saturated heterocycles. The second-order valence-corrected chi connectivity index (χ2v) is 7.78. The van der Waals surface area contributed by atoms with Crippen LogP contribution in [0.2, 0.25) is 5.15 Å². The van der Waals surface area contributed by atoms with E-state index in [1.54, 1.807) is 6.33 Å². The van der Waals surface area contributed by atoms with Crippen LogP contribution in [0.25, 0.3) is 0 Å². The number of pyridine rings is 1. The van der Waals surface area contributed by atoms with Crippen molar-refractivity contribution in [3.8, 4) is 6.07 Å². The van der Waals surface area contributed by atoms with Crippen LogP contribution in [0.15, 0.2) is 12.4 Å². The largest absolute Gasteiger partial charge is 0.433 e. The fraction of sp³-hybridized carbons (Fsp3) is 0.556. The molecule has 0 aromatic carbocycles. The van der Waals surface area contributed by atoms with Crippen LogP contribution in [-0.4, -0.2) is 32.3 Å². The van der Waals surface area contributed by atoms with Gasteiger partial charge in [-0.1, -0.05) is 11.6 Å². The molecule has 148 valence electrons. The van der Waals surface area contributed by atoms with Crippen LogP contribution in [0.4, 0.5) is 18.9 Å². The molecule has 0 spiro atoms. The van der Waals surface area contributed by atoms with Crippen molar-refractivity contribution in [2.24, 2.45) is 13.0 Å². The zero-order valence-corrected chi connectivity index (χ0v) is 15.9. The summed E-state index contributed by atoms with van der Waals surface area (Å²) in [7, 11) is 1.90. The molecule has 6 nitrogen and oxygen atoms in total. The Balaban J connectivity index is 1.69. The van der Waals surface area contributed by atoms with Gasteiger partial charge in [-0.2, -0.15) is 18.4 Å². The Morgan fingerprint density at radius 2 is 2.04 bits per heavy atom. The van der Waals surface area contributed by atoms with E-state index in [0.717, 1.165) is 37.6 Å². The number of nitrogens with zero attached hydrogens (tertiary/aromatic N) is 6. The maximum Gasteiger partial charge on any atom is 0.433 e. The van der Waals surface area contributed by atoms with E-state index in [9.17, 15) is 18.4 Å². The molecule has 1 saturated carbocycles. The molecule has 1 aliphatic heterocycles. The summed E-state index contributed by atoms with van der Waals surface area (Å²) in [5.41, 5.74) is -0.921. The molecule has 2 fully saturated rings. The highest BCUT2D eigenvalue weighted by atomic mass is 35.5. The van der Waals surface area contributed by atoms with Crippen LogP contribution in [0.1, 0.15) is 48.7 Å². The molecule has 0 amide bonds. The average Bonchev–Trinajstić information content (AvgIpc) is 3.41. The standard InChI is InChI=1S/C18H18ClF3N6/c1-27-9-24-26-17(27)11-4-5-28(13(6-11)10-2-3-10)15-12(8-23)7-14(18(20,21)22)25-16(15)19/h7,9-11,13H,2-6H2,1H3/t11-,13+/m1/s1. The summed E-state index contributed by atoms with van der Waals surface area (Å²) in [5, 5.41) is 17.4. The maximum absolute atomic E-state index is 13.1. The minimum atomic E-state index is -4.65. The number of alkyl halides is 3. The van der Waals surface area contributed by atoms with Crippen LogP contribution in [0.3, 0.4) is 0 Å². The number of aryl methyl sites for hydroxylation is 1. The van der Waals surface area contributed by atoms with Crippen molar-refractivity contribution in [2.75, 3.05) is 11.4 Å². The van der Waals surface area contributed by atoms with Gasteiger partial charge >= 0.3 is 6.18 Å². The Bertz CT molecular complexity index is 930. The van der Waals surface area contributed by atoms with E-state index in [4.69, 9.17) is 11.6 Å². The molecule has 0 N–H and O–H groups in total. The summed E-state index contributed by atoms with van der Waals surface area (Å²) < 4.78 is 41.1. The van der Waals surface area contributed by atoms with Gasteiger partial charge in [-0.05, 0) is 37.7 Å². The first-order valence-corrected chi connectivity index (χ1v) is 9.45. The minimum absolute atomic E-state index is 0.0820. The van der Waals surface area contributed by atoms with Crippen LogP contribution in [-0.2, 0) is 13.2 Å². The molecule has 0 unspecified atom stereocenters. The monoisotopic (exact) mass is 410 g/mol. The Labute approximate surface area is 164 Å². The van der Waals surface area contributed by atoms with Crippen LogP contribution < -0.4 is 4.90 Å². The molecular weight excluding hydrogens is 393 g/mol. The number of piperidine rings is 1. The quantitative estimate of drug-likeness (QED) is 0.717. The third kappa shape index (κ3) is 3.41. The fourth-order valence-electron chi connectivity index (χ4n) is 4.11. The molecule has 2 aromatic heterocycles. The first-order valence-electron chi connectivity index (χ1n) is 9.08. The number of rotatable bonds is 3. The SMILES string of the molecule is Cn1cnnc1[C@@H]1CCN(c2c(C#N)cc(C(F)(F)F)nc2Cl)[C@H](C2CC2)C1. The van der Waals surface area contributed by atoms with Gasteiger partial charge in [0.15, 0.2) is 5.15 Å². The normalized spacial score (nSPS) is 22.9. The highest BCUT2D eigenvalue weighted by molar-refractivity contribution is 6.32. The lowest BCUT2D eigenvalue weighted by atomic mass is 9.87. The molecule has 10 heteroatoms. The average molecular weight is 411 g/mol. The van der Waals surface area contributed by atoms with E-state index < -0.39 is 11.9 Å². The first kappa shape index (κ1) is 19.0. The van der Waals surface area contributed by atoms with E-state index in [-0.39, 0.29) is 22.7 Å². The fourth-order valence-corrected chi connectivity index (χ4v) is 4.41. The summed E-state index contributed by atoms with van der Waals surface area (Å²) in [5.74, 6) is 1.55. The van der Waals surface area contributed by atoms with Gasteiger partial charge in [0.05, 0.1) is 11.3 Å². The molecule has 0 radical (unpaired) electrons. The van der Waals surface area contributed by atoms with Crippen molar-refractivity contribution in [1.82, 2.24) is 19.7 Å². The molecule has 4 rings (SSSR count). The van der Waals surface area contributed by atoms with Gasteiger partial charge in [-0.3, -0.25) is 0 Å². The number of anilines is 1. The molecule has 0 bridgehead atoms. The van der Waals surface area contributed by atoms with Crippen molar-refractivity contribution in [2.45, 2.75) is 43.8 Å². The summed E-state index contributed by atoms with van der Waals surface area (Å²) >= 11 is 6.17. The smallest absolute Gasteiger partial charge is 0.365 e. The Hall–Kier alpha value is -2.34. The van der Waals surface area contributed by atoms with Crippen LogP contribution in [0.5, 0.6) is 0 Å². The highest BCUT2D eigenvalue weighted by Gasteiger charge is 2.43. The van der Waals surface area contributed by atoms with E-state index in [0.29, 0.717) is 18.2 Å². The molecule has 2 atom stereocenters. The lowest BCUT2D eigenvalue weighted by molar-refractivity contribution is -0.141. The second kappa shape index (κ2) is 6.92. The molecule has 2 aromatic rings. The zero-order chi connectivity index (χ0) is 20.1. The molecule has 2 aliphatic rings. The first-order chi connectivity index (χ1) is 13.3. The van der Waals surface area contributed by atoms with Crippen LogP contribution >= 0.6 is 11.6 Å². The lowest BCUT2D eigenvalue weighted by Gasteiger charge is -2.41. The predicted octanol–water partition coefficient (Wildman–Crippen LogP) is 3.92. The second-order valence-electron chi connectivity index (χ2n) is 7.42. The Kier molecular flexibility index (Phi) is 4.70. The lowest BCUT2D eigenvalue weighted by Crippen LogP contribution is -2.44. The minimum Gasteiger partial charge on any atom is -0.365 e. The van der Waals surface area contributed by atoms with Gasteiger partial charge in [-0.15, -0.1) is 10.2 Å². The number of nitriles is 1. The van der Waals surface area contributed by atoms with Gasteiger partial charge in [0.2, 0.25) is 0 Å². The number of hydrogen-bond acceptors (Lipinski definition) is 5. The van der Waals surface area contributed by atoms with Gasteiger partial charge in [0, 0.05) is 25.6 Å². The van der Waals surface area contributed by atoms with E-state index in [2.05, 4.69) is 15.2 Å². The summed E-state index contributed by atoms with van der Waals surface area (Å²) in [6.45, 7) is 0.570. The molecule has 28 heavy (non-hydrogen) atoms. The van der Waals surface area contributed by atoms with Gasteiger partial charge < -0.3 is 9.47 Å². The Morgan fingerprint density at radius 3 is 2.61 bits per heavy atom. The van der Waals surface area contributed by atoms with E-state index >= 15 is 0 Å². The van der Waals surface area contributed by atoms with Crippen molar-refractivity contribution in [1.29, 1.82) is 5.26 Å². The summed E-state index contributed by atoms with van der Waals surface area (Å²) in [4.78, 5) is 5.53. The Morgan fingerprint density at radius 1 is 1.29 bits per heavy atom. The highest BCUT2D eigenvalue weighted by Crippen LogP contribution is 2.47. The summed E-state index contributed by atoms with van der Waals surface area (Å²) in [6, 6.07) is 2.76. The molecular formula is C18H18ClF3N6. The zero-order valence-electron chi connectivity index (χ0n) is 15.1. The molecule has 3 heterocycles. The van der Waals surface area contributed by atoms with Gasteiger partial charge in [-0.25, -0.2) is 4.98 Å². The van der Waals surface area contributed by atoms with Crippen molar-refractivity contribution in [3.05, 3.63) is 34.6 Å². The third-order valence-electron chi connectivity index (χ3n) is 5.57. The molecule has 1 aliphatic carbocycles. The number of aromatic nitrogens is 4. The van der Waals surface area contributed by atoms with E-state index in [1.165, 1.54) is 0 Å². The number of halogens is 4. The van der Waals surface area contributed by atoms with Gasteiger partial charge in [0.25, 0.3) is 0 Å².